The van der Waals surface area contributed by atoms with Crippen molar-refractivity contribution in [2.75, 3.05) is 0 Å². The highest BCUT2D eigenvalue weighted by Gasteiger charge is 2.52. The van der Waals surface area contributed by atoms with Crippen LogP contribution in [0.15, 0.2) is 23.7 Å². The average molecular weight is 454 g/mol. The second kappa shape index (κ2) is 8.24. The summed E-state index contributed by atoms with van der Waals surface area (Å²) >= 11 is 0. The van der Waals surface area contributed by atoms with Crippen LogP contribution in [0.4, 0.5) is 52.7 Å². The first-order chi connectivity index (χ1) is 12.6. The molecule has 17 heteroatoms. The number of ketones is 4. The molecule has 0 bridgehead atoms. The molecule has 0 rings (SSSR count). The highest BCUT2D eigenvalue weighted by atomic mass is 19.4. The maximum absolute atomic E-state index is 12.2. The minimum atomic E-state index is -6.15. The Morgan fingerprint density at radius 2 is 0.621 bits per heavy atom. The monoisotopic (exact) mass is 454 g/mol. The van der Waals surface area contributed by atoms with Gasteiger partial charge in [0.1, 0.15) is 23.7 Å². The molecule has 5 nitrogen and oxygen atoms in total. The van der Waals surface area contributed by atoms with E-state index in [1.165, 1.54) is 0 Å². The van der Waals surface area contributed by atoms with Gasteiger partial charge in [-0.25, -0.2) is 0 Å². The van der Waals surface area contributed by atoms with Crippen LogP contribution in [0.5, 0.6) is 0 Å². The van der Waals surface area contributed by atoms with E-state index in [1.54, 1.807) is 0 Å². The Hall–Kier alpha value is -2.88. The Balaban J connectivity index is 6.31. The maximum atomic E-state index is 12.2. The summed E-state index contributed by atoms with van der Waals surface area (Å²) in [6, 6.07) is 0. The smallest absolute Gasteiger partial charge is 0.455 e. The van der Waals surface area contributed by atoms with E-state index in [9.17, 15) is 71.9 Å². The van der Waals surface area contributed by atoms with Crippen molar-refractivity contribution in [1.29, 1.82) is 0 Å². The van der Waals surface area contributed by atoms with E-state index in [0.29, 0.717) is 0 Å². The van der Waals surface area contributed by atoms with Gasteiger partial charge < -0.3 is 4.74 Å². The Morgan fingerprint density at radius 3 is 0.759 bits per heavy atom. The molecule has 0 radical (unpaired) electrons. The molecule has 0 N–H and O–H groups in total. The van der Waals surface area contributed by atoms with Gasteiger partial charge in [-0.2, -0.15) is 52.7 Å². The van der Waals surface area contributed by atoms with Gasteiger partial charge in [-0.1, -0.05) is 0 Å². The van der Waals surface area contributed by atoms with Crippen LogP contribution in [0.1, 0.15) is 0 Å². The molecule has 0 atom stereocenters. The third-order valence-corrected chi connectivity index (χ3v) is 2.38. The largest absolute Gasteiger partial charge is 0.471 e. The number of rotatable bonds is 6. The third kappa shape index (κ3) is 7.22. The number of carbonyl (C=O) groups excluding carboxylic acids is 4. The van der Waals surface area contributed by atoms with E-state index < -0.39 is 71.5 Å². The number of ether oxygens (including phenoxy) is 1. The fraction of sp³-hybridized carbons (Fsp3) is 0.333. The zero-order valence-corrected chi connectivity index (χ0v) is 12.7. The molecule has 0 spiro atoms. The molecule has 0 saturated carbocycles. The molecule has 29 heavy (non-hydrogen) atoms. The summed E-state index contributed by atoms with van der Waals surface area (Å²) in [7, 11) is 0. The molecule has 0 heterocycles. The number of alkyl halides is 12. The molecule has 0 unspecified atom stereocenters. The van der Waals surface area contributed by atoms with Crippen LogP contribution in [-0.4, -0.2) is 47.8 Å². The number of Topliss-reactive ketones (excluding diaryl/α,β-unsaturated/α-hetero) is 4. The lowest BCUT2D eigenvalue weighted by Crippen LogP contribution is -2.35. The van der Waals surface area contributed by atoms with Crippen molar-refractivity contribution in [3.05, 3.63) is 23.7 Å². The third-order valence-electron chi connectivity index (χ3n) is 2.38. The van der Waals surface area contributed by atoms with Crippen molar-refractivity contribution in [2.24, 2.45) is 0 Å². The SMILES string of the molecule is O=C(C(=COC=C(C(=O)C(F)(F)F)C(=O)C(F)(F)F)C(=O)C(F)(F)F)C(F)(F)F. The molecule has 0 aliphatic rings. The predicted molar refractivity (Wildman–Crippen MR) is 61.5 cm³/mol. The maximum Gasteiger partial charge on any atom is 0.455 e. The van der Waals surface area contributed by atoms with Gasteiger partial charge in [0.05, 0.1) is 0 Å². The quantitative estimate of drug-likeness (QED) is 0.203. The standard InChI is InChI=1S/C12H2F12O5/c13-9(14,15)5(25)3(6(26)10(16,17)18)1-29-2-4(7(27)11(19,20)21)8(28)12(22,23)24/h1-2H. The highest BCUT2D eigenvalue weighted by Crippen LogP contribution is 2.29. The molecular formula is C12H2F12O5. The molecule has 0 amide bonds. The van der Waals surface area contributed by atoms with E-state index >= 15 is 0 Å². The van der Waals surface area contributed by atoms with Crippen LogP contribution in [0, 0.1) is 0 Å². The van der Waals surface area contributed by atoms with Crippen LogP contribution in [0.2, 0.25) is 0 Å². The zero-order valence-electron chi connectivity index (χ0n) is 12.7. The Kier molecular flexibility index (Phi) is 7.42. The van der Waals surface area contributed by atoms with Gasteiger partial charge >= 0.3 is 24.7 Å². The van der Waals surface area contributed by atoms with E-state index in [-0.39, 0.29) is 0 Å². The molecule has 0 aliphatic carbocycles. The minimum absolute atomic E-state index is 1.11. The van der Waals surface area contributed by atoms with Crippen molar-refractivity contribution in [1.82, 2.24) is 0 Å². The van der Waals surface area contributed by atoms with Crippen molar-refractivity contribution < 1.29 is 76.6 Å². The molecule has 164 valence electrons. The first-order valence-electron chi connectivity index (χ1n) is 6.13. The van der Waals surface area contributed by atoms with Crippen molar-refractivity contribution >= 4 is 23.1 Å². The summed E-state index contributed by atoms with van der Waals surface area (Å²) in [5.41, 5.74) is -5.81. The van der Waals surface area contributed by atoms with Gasteiger partial charge in [0.25, 0.3) is 23.1 Å². The van der Waals surface area contributed by atoms with Gasteiger partial charge in [-0.3, -0.25) is 19.2 Å². The molecule has 0 saturated heterocycles. The van der Waals surface area contributed by atoms with Crippen molar-refractivity contribution in [3.63, 3.8) is 0 Å². The first-order valence-corrected chi connectivity index (χ1v) is 6.13. The van der Waals surface area contributed by atoms with Gasteiger partial charge in [0.15, 0.2) is 0 Å². The minimum Gasteiger partial charge on any atom is -0.471 e. The molecule has 0 aromatic heterocycles. The number of halogens is 12. The Morgan fingerprint density at radius 1 is 0.448 bits per heavy atom. The summed E-state index contributed by atoms with van der Waals surface area (Å²) in [6.07, 6.45) is -26.8. The van der Waals surface area contributed by atoms with Crippen LogP contribution in [-0.2, 0) is 23.9 Å². The van der Waals surface area contributed by atoms with Crippen molar-refractivity contribution in [2.45, 2.75) is 24.7 Å². The summed E-state index contributed by atoms with van der Waals surface area (Å²) in [4.78, 5) is 43.2. The lowest BCUT2D eigenvalue weighted by Gasteiger charge is -2.12. The highest BCUT2D eigenvalue weighted by molar-refractivity contribution is 6.24. The van der Waals surface area contributed by atoms with E-state index in [4.69, 9.17) is 0 Å². The van der Waals surface area contributed by atoms with Crippen LogP contribution in [0.25, 0.3) is 0 Å². The lowest BCUT2D eigenvalue weighted by molar-refractivity contribution is -0.175. The fourth-order valence-corrected chi connectivity index (χ4v) is 1.20. The van der Waals surface area contributed by atoms with E-state index in [0.717, 1.165) is 0 Å². The number of hydrogen-bond acceptors (Lipinski definition) is 5. The Bertz CT molecular complexity index is 640. The molecule has 0 fully saturated rings. The van der Waals surface area contributed by atoms with Gasteiger partial charge in [-0.15, -0.1) is 0 Å². The topological polar surface area (TPSA) is 77.5 Å². The van der Waals surface area contributed by atoms with Crippen molar-refractivity contribution in [3.8, 4) is 0 Å². The first kappa shape index (κ1) is 26.1. The van der Waals surface area contributed by atoms with Crippen LogP contribution < -0.4 is 0 Å². The summed E-state index contributed by atoms with van der Waals surface area (Å²) < 4.78 is 150. The van der Waals surface area contributed by atoms with Gasteiger partial charge in [0, 0.05) is 0 Å². The summed E-state index contributed by atoms with van der Waals surface area (Å²) in [5, 5.41) is 0. The van der Waals surface area contributed by atoms with E-state index in [1.807, 2.05) is 0 Å². The fourth-order valence-electron chi connectivity index (χ4n) is 1.20. The van der Waals surface area contributed by atoms with Crippen LogP contribution >= 0.6 is 0 Å². The lowest BCUT2D eigenvalue weighted by atomic mass is 10.1. The van der Waals surface area contributed by atoms with Gasteiger partial charge in [-0.05, 0) is 0 Å². The van der Waals surface area contributed by atoms with Gasteiger partial charge in [0.2, 0.25) is 0 Å². The second-order valence-electron chi connectivity index (χ2n) is 4.51. The van der Waals surface area contributed by atoms with Crippen LogP contribution in [0.3, 0.4) is 0 Å². The molecule has 0 aliphatic heterocycles. The average Bonchev–Trinajstić information content (AvgIpc) is 2.49. The summed E-state index contributed by atoms with van der Waals surface area (Å²) in [6.45, 7) is 0. The molecule has 0 aromatic rings. The normalized spacial score (nSPS) is 12.7. The summed E-state index contributed by atoms with van der Waals surface area (Å²) in [5.74, 6) is -14.1. The number of hydrogen-bond donors (Lipinski definition) is 0. The Labute approximate surface area is 149 Å². The molecule has 0 aromatic carbocycles. The van der Waals surface area contributed by atoms with E-state index in [2.05, 4.69) is 4.74 Å². The molecular weight excluding hydrogens is 452 g/mol. The second-order valence-corrected chi connectivity index (χ2v) is 4.51. The predicted octanol–water partition coefficient (Wildman–Crippen LogP) is 3.30. The number of carbonyl (C=O) groups is 4. The number of allylic oxidation sites excluding steroid dienone is 2. The zero-order chi connectivity index (χ0) is 23.6.